The Labute approximate surface area is 135 Å². The molecular weight excluding hydrogens is 290 g/mol. The normalized spacial score (nSPS) is 23.9. The largest absolute Gasteiger partial charge is 0.338 e. The van der Waals surface area contributed by atoms with E-state index in [0.29, 0.717) is 12.5 Å². The number of urea groups is 1. The summed E-state index contributed by atoms with van der Waals surface area (Å²) < 4.78 is 0. The fourth-order valence-corrected chi connectivity index (χ4v) is 3.78. The molecule has 2 aromatic rings. The number of nitrogens with one attached hydrogen (secondary N) is 3. The first-order valence-corrected chi connectivity index (χ1v) is 8.45. The van der Waals surface area contributed by atoms with Crippen molar-refractivity contribution in [2.75, 3.05) is 32.7 Å². The van der Waals surface area contributed by atoms with Gasteiger partial charge < -0.3 is 15.5 Å². The van der Waals surface area contributed by atoms with Gasteiger partial charge in [0.15, 0.2) is 0 Å². The lowest BCUT2D eigenvalue weighted by Gasteiger charge is -2.34. The average Bonchev–Trinajstić information content (AvgIpc) is 3.22. The number of likely N-dealkylation sites (tertiary alicyclic amines) is 1. The van der Waals surface area contributed by atoms with Crippen molar-refractivity contribution in [3.05, 3.63) is 30.0 Å². The maximum atomic E-state index is 12.3. The molecule has 2 saturated heterocycles. The van der Waals surface area contributed by atoms with Gasteiger partial charge in [0.1, 0.15) is 0 Å². The van der Waals surface area contributed by atoms with Gasteiger partial charge in [-0.1, -0.05) is 12.1 Å². The van der Waals surface area contributed by atoms with Gasteiger partial charge in [0.05, 0.1) is 11.7 Å². The van der Waals surface area contributed by atoms with E-state index in [9.17, 15) is 4.79 Å². The molecule has 0 saturated carbocycles. The third-order valence-corrected chi connectivity index (χ3v) is 5.19. The lowest BCUT2D eigenvalue weighted by Crippen LogP contribution is -2.48. The summed E-state index contributed by atoms with van der Waals surface area (Å²) >= 11 is 0. The Morgan fingerprint density at radius 1 is 1.35 bits per heavy atom. The molecular formula is C17H23N5O. The fraction of sp³-hybridized carbons (Fsp3) is 0.529. The smallest absolute Gasteiger partial charge is 0.317 e. The van der Waals surface area contributed by atoms with Gasteiger partial charge in [-0.05, 0) is 49.4 Å². The number of hydrogen-bond donors (Lipinski definition) is 3. The molecule has 2 aliphatic rings. The lowest BCUT2D eigenvalue weighted by atomic mass is 9.89. The molecule has 3 N–H and O–H groups in total. The van der Waals surface area contributed by atoms with Crippen LogP contribution in [-0.2, 0) is 6.42 Å². The quantitative estimate of drug-likeness (QED) is 0.801. The summed E-state index contributed by atoms with van der Waals surface area (Å²) in [6.07, 6.45) is 3.78. The molecule has 2 atom stereocenters. The highest BCUT2D eigenvalue weighted by Gasteiger charge is 2.34. The molecule has 0 aliphatic carbocycles. The number of hydrogen-bond acceptors (Lipinski definition) is 3. The molecule has 0 unspecified atom stereocenters. The number of benzene rings is 1. The van der Waals surface area contributed by atoms with Crippen molar-refractivity contribution in [1.82, 2.24) is 25.7 Å². The number of amides is 2. The van der Waals surface area contributed by atoms with Crippen molar-refractivity contribution in [1.29, 1.82) is 0 Å². The van der Waals surface area contributed by atoms with Crippen LogP contribution in [0.2, 0.25) is 0 Å². The van der Waals surface area contributed by atoms with Gasteiger partial charge in [-0.25, -0.2) is 4.79 Å². The number of piperidine rings is 1. The van der Waals surface area contributed by atoms with Crippen LogP contribution in [0.25, 0.3) is 10.9 Å². The van der Waals surface area contributed by atoms with Crippen molar-refractivity contribution in [3.8, 4) is 0 Å². The predicted molar refractivity (Wildman–Crippen MR) is 89.2 cm³/mol. The van der Waals surface area contributed by atoms with Gasteiger partial charge in [0, 0.05) is 25.0 Å². The minimum atomic E-state index is 0.0815. The first kappa shape index (κ1) is 14.5. The summed E-state index contributed by atoms with van der Waals surface area (Å²) in [4.78, 5) is 14.3. The van der Waals surface area contributed by atoms with E-state index in [1.165, 1.54) is 5.56 Å². The van der Waals surface area contributed by atoms with E-state index in [1.807, 2.05) is 11.1 Å². The summed E-state index contributed by atoms with van der Waals surface area (Å²) in [5.41, 5.74) is 2.25. The van der Waals surface area contributed by atoms with Gasteiger partial charge in [0.25, 0.3) is 0 Å². The first-order chi connectivity index (χ1) is 11.3. The number of aromatic nitrogens is 2. The van der Waals surface area contributed by atoms with E-state index in [0.717, 1.165) is 55.8 Å². The second-order valence-electron chi connectivity index (χ2n) is 6.69. The summed E-state index contributed by atoms with van der Waals surface area (Å²) in [5.74, 6) is 1.40. The molecule has 6 nitrogen and oxygen atoms in total. The third-order valence-electron chi connectivity index (χ3n) is 5.19. The number of nitrogens with zero attached hydrogens (tertiary/aromatic N) is 2. The monoisotopic (exact) mass is 313 g/mol. The number of carbonyl (C=O) groups is 1. The summed E-state index contributed by atoms with van der Waals surface area (Å²) in [5, 5.41) is 14.6. The van der Waals surface area contributed by atoms with E-state index in [4.69, 9.17) is 0 Å². The zero-order valence-corrected chi connectivity index (χ0v) is 13.2. The fourth-order valence-electron chi connectivity index (χ4n) is 3.78. The standard InChI is InChI=1S/C17H23N5O/c23-17(22-6-4-13-8-18-9-15(13)11-22)19-5-3-12-1-2-14-10-20-21-16(14)7-12/h1-2,7,10,13,15,18H,3-6,8-9,11H2,(H,19,23)(H,20,21)/t13-,15-/m1/s1. The molecule has 23 heavy (non-hydrogen) atoms. The molecule has 2 aliphatic heterocycles. The Kier molecular flexibility index (Phi) is 3.91. The molecule has 122 valence electrons. The van der Waals surface area contributed by atoms with Crippen LogP contribution in [0.4, 0.5) is 4.79 Å². The van der Waals surface area contributed by atoms with Crippen molar-refractivity contribution < 1.29 is 4.79 Å². The molecule has 6 heteroatoms. The predicted octanol–water partition coefficient (Wildman–Crippen LogP) is 1.36. The Morgan fingerprint density at radius 3 is 3.22 bits per heavy atom. The van der Waals surface area contributed by atoms with Crippen LogP contribution in [0.3, 0.4) is 0 Å². The van der Waals surface area contributed by atoms with E-state index >= 15 is 0 Å². The maximum absolute atomic E-state index is 12.3. The zero-order valence-electron chi connectivity index (χ0n) is 13.2. The highest BCUT2D eigenvalue weighted by Crippen LogP contribution is 2.26. The molecule has 1 aromatic heterocycles. The van der Waals surface area contributed by atoms with Crippen molar-refractivity contribution in [3.63, 3.8) is 0 Å². The topological polar surface area (TPSA) is 73.0 Å². The van der Waals surface area contributed by atoms with Crippen LogP contribution in [-0.4, -0.2) is 53.9 Å². The van der Waals surface area contributed by atoms with E-state index in [1.54, 1.807) is 0 Å². The Bertz CT molecular complexity index is 697. The van der Waals surface area contributed by atoms with Crippen LogP contribution in [0.1, 0.15) is 12.0 Å². The number of H-pyrrole nitrogens is 1. The third kappa shape index (κ3) is 3.03. The van der Waals surface area contributed by atoms with Crippen molar-refractivity contribution >= 4 is 16.9 Å². The van der Waals surface area contributed by atoms with E-state index in [2.05, 4.69) is 39.0 Å². The van der Waals surface area contributed by atoms with Crippen LogP contribution in [0, 0.1) is 11.8 Å². The minimum absolute atomic E-state index is 0.0815. The molecule has 2 fully saturated rings. The molecule has 3 heterocycles. The summed E-state index contributed by atoms with van der Waals surface area (Å²) in [7, 11) is 0. The average molecular weight is 313 g/mol. The summed E-state index contributed by atoms with van der Waals surface area (Å²) in [6, 6.07) is 6.34. The number of rotatable bonds is 3. The van der Waals surface area contributed by atoms with Gasteiger partial charge in [-0.15, -0.1) is 0 Å². The van der Waals surface area contributed by atoms with Crippen LogP contribution in [0.15, 0.2) is 24.4 Å². The van der Waals surface area contributed by atoms with Gasteiger partial charge >= 0.3 is 6.03 Å². The highest BCUT2D eigenvalue weighted by atomic mass is 16.2. The number of fused-ring (bicyclic) bond motifs is 2. The molecule has 1 aromatic carbocycles. The SMILES string of the molecule is O=C(NCCc1ccc2cn[nH]c2c1)N1CC[C@@H]2CNC[C@@H]2C1. The highest BCUT2D eigenvalue weighted by molar-refractivity contribution is 5.78. The van der Waals surface area contributed by atoms with Crippen LogP contribution < -0.4 is 10.6 Å². The Hall–Kier alpha value is -2.08. The second-order valence-corrected chi connectivity index (χ2v) is 6.69. The molecule has 2 amide bonds. The van der Waals surface area contributed by atoms with Gasteiger partial charge in [0.2, 0.25) is 0 Å². The molecule has 4 rings (SSSR count). The minimum Gasteiger partial charge on any atom is -0.338 e. The van der Waals surface area contributed by atoms with Gasteiger partial charge in [-0.2, -0.15) is 5.10 Å². The van der Waals surface area contributed by atoms with Crippen molar-refractivity contribution in [2.24, 2.45) is 11.8 Å². The second kappa shape index (κ2) is 6.20. The van der Waals surface area contributed by atoms with Gasteiger partial charge in [-0.3, -0.25) is 5.10 Å². The Balaban J connectivity index is 1.28. The van der Waals surface area contributed by atoms with Crippen molar-refractivity contribution in [2.45, 2.75) is 12.8 Å². The van der Waals surface area contributed by atoms with Crippen LogP contribution in [0.5, 0.6) is 0 Å². The Morgan fingerprint density at radius 2 is 2.26 bits per heavy atom. The number of carbonyl (C=O) groups excluding carboxylic acids is 1. The summed E-state index contributed by atoms with van der Waals surface area (Å²) in [6.45, 7) is 4.62. The van der Waals surface area contributed by atoms with Crippen LogP contribution >= 0.6 is 0 Å². The maximum Gasteiger partial charge on any atom is 0.317 e. The lowest BCUT2D eigenvalue weighted by molar-refractivity contribution is 0.151. The first-order valence-electron chi connectivity index (χ1n) is 8.45. The molecule has 0 spiro atoms. The number of aromatic amines is 1. The molecule has 0 bridgehead atoms. The molecule has 0 radical (unpaired) electrons. The van der Waals surface area contributed by atoms with E-state index in [-0.39, 0.29) is 6.03 Å². The zero-order chi connectivity index (χ0) is 15.6. The van der Waals surface area contributed by atoms with E-state index < -0.39 is 0 Å².